The first-order valence-corrected chi connectivity index (χ1v) is 8.69. The zero-order chi connectivity index (χ0) is 16.8. The number of hydrogen-bond donors (Lipinski definition) is 3. The Balaban J connectivity index is 1.94. The van der Waals surface area contributed by atoms with Gasteiger partial charge in [-0.1, -0.05) is 28.7 Å². The van der Waals surface area contributed by atoms with Crippen molar-refractivity contribution < 1.29 is 9.47 Å². The van der Waals surface area contributed by atoms with Gasteiger partial charge in [-0.25, -0.2) is 0 Å². The lowest BCUT2D eigenvalue weighted by Gasteiger charge is -2.23. The average molecular weight is 363 g/mol. The molecule has 0 radical (unpaired) electrons. The molecule has 0 saturated heterocycles. The van der Waals surface area contributed by atoms with Gasteiger partial charge in [0.1, 0.15) is 10.8 Å². The predicted molar refractivity (Wildman–Crippen MR) is 93.7 cm³/mol. The van der Waals surface area contributed by atoms with E-state index in [9.17, 15) is 9.59 Å². The van der Waals surface area contributed by atoms with Crippen LogP contribution in [-0.2, 0) is 0 Å². The monoisotopic (exact) mass is 363 g/mol. The molecule has 0 bridgehead atoms. The number of rotatable bonds is 3. The Bertz CT molecular complexity index is 976. The minimum Gasteiger partial charge on any atom is -0.493 e. The van der Waals surface area contributed by atoms with Gasteiger partial charge in [-0.2, -0.15) is 0 Å². The highest BCUT2D eigenvalue weighted by Crippen LogP contribution is 2.46. The van der Waals surface area contributed by atoms with Crippen molar-refractivity contribution in [2.24, 2.45) is 0 Å². The van der Waals surface area contributed by atoms with Gasteiger partial charge in [0.2, 0.25) is 0 Å². The number of aromatic nitrogens is 2. The molecule has 24 heavy (non-hydrogen) atoms. The largest absolute Gasteiger partial charge is 0.493 e. The van der Waals surface area contributed by atoms with Crippen LogP contribution >= 0.6 is 22.7 Å². The summed E-state index contributed by atoms with van der Waals surface area (Å²) < 4.78 is 10.7. The molecular formula is C15H13N3O4S2. The molecule has 1 atom stereocenters. The second-order valence-electron chi connectivity index (χ2n) is 5.18. The van der Waals surface area contributed by atoms with Crippen LogP contribution in [0.15, 0.2) is 27.8 Å². The molecule has 1 unspecified atom stereocenters. The number of thiazole rings is 2. The van der Waals surface area contributed by atoms with Gasteiger partial charge in [0, 0.05) is 0 Å². The van der Waals surface area contributed by atoms with Crippen molar-refractivity contribution in [3.63, 3.8) is 0 Å². The molecule has 0 amide bonds. The van der Waals surface area contributed by atoms with Gasteiger partial charge in [0.25, 0.3) is 0 Å². The summed E-state index contributed by atoms with van der Waals surface area (Å²) in [5.74, 6) is 1.60. The summed E-state index contributed by atoms with van der Waals surface area (Å²) in [7, 11) is 3.15. The minimum atomic E-state index is -0.251. The Morgan fingerprint density at radius 2 is 1.75 bits per heavy atom. The topological polar surface area (TPSA) is 96.2 Å². The molecular weight excluding hydrogens is 350 g/mol. The van der Waals surface area contributed by atoms with Crippen LogP contribution in [0.3, 0.4) is 0 Å². The average Bonchev–Trinajstić information content (AvgIpc) is 3.12. The summed E-state index contributed by atoms with van der Waals surface area (Å²) in [4.78, 5) is 29.8. The van der Waals surface area contributed by atoms with E-state index in [1.54, 1.807) is 14.2 Å². The lowest BCUT2D eigenvalue weighted by molar-refractivity contribution is 0.354. The molecule has 7 nitrogen and oxygen atoms in total. The lowest BCUT2D eigenvalue weighted by atomic mass is 9.92. The number of ether oxygens (including phenoxy) is 2. The smallest absolute Gasteiger partial charge is 0.306 e. The van der Waals surface area contributed by atoms with Crippen molar-refractivity contribution in [2.75, 3.05) is 19.5 Å². The van der Waals surface area contributed by atoms with Gasteiger partial charge in [0.15, 0.2) is 11.5 Å². The van der Waals surface area contributed by atoms with Crippen molar-refractivity contribution in [2.45, 2.75) is 5.92 Å². The molecule has 0 spiro atoms. The maximum Gasteiger partial charge on any atom is 0.306 e. The second-order valence-corrected chi connectivity index (χ2v) is 7.18. The van der Waals surface area contributed by atoms with E-state index in [1.807, 2.05) is 18.2 Å². The van der Waals surface area contributed by atoms with Crippen molar-refractivity contribution in [3.05, 3.63) is 53.7 Å². The normalized spacial score (nSPS) is 15.3. The van der Waals surface area contributed by atoms with E-state index < -0.39 is 0 Å². The molecule has 0 saturated carbocycles. The van der Waals surface area contributed by atoms with Crippen LogP contribution in [-0.4, -0.2) is 24.2 Å². The third kappa shape index (κ3) is 2.24. The Kier molecular flexibility index (Phi) is 3.47. The highest BCUT2D eigenvalue weighted by Gasteiger charge is 2.32. The van der Waals surface area contributed by atoms with Crippen LogP contribution in [0, 0.1) is 0 Å². The maximum absolute atomic E-state index is 11.8. The van der Waals surface area contributed by atoms with Crippen molar-refractivity contribution >= 4 is 33.5 Å². The number of benzene rings is 1. The predicted octanol–water partition coefficient (Wildman–Crippen LogP) is 2.44. The zero-order valence-electron chi connectivity index (χ0n) is 12.8. The molecule has 124 valence electrons. The first-order valence-electron chi connectivity index (χ1n) is 7.05. The first kappa shape index (κ1) is 15.0. The van der Waals surface area contributed by atoms with Crippen LogP contribution < -0.4 is 24.5 Å². The van der Waals surface area contributed by atoms with Gasteiger partial charge >= 0.3 is 9.75 Å². The van der Waals surface area contributed by atoms with Gasteiger partial charge in [-0.05, 0) is 17.7 Å². The Morgan fingerprint density at radius 3 is 2.50 bits per heavy atom. The summed E-state index contributed by atoms with van der Waals surface area (Å²) in [6.07, 6.45) is 0. The minimum absolute atomic E-state index is 0.143. The van der Waals surface area contributed by atoms with Crippen LogP contribution in [0.1, 0.15) is 22.1 Å². The molecule has 0 aliphatic carbocycles. The molecule has 0 fully saturated rings. The molecule has 2 aromatic heterocycles. The van der Waals surface area contributed by atoms with E-state index >= 15 is 0 Å². The Labute approximate surface area is 143 Å². The standard InChI is InChI=1S/C15H13N3O4S2/c1-21-7-4-3-6(5-8(7)22-2)9-10-13(24-14(19)16-10)17-12-11(9)23-15(20)18-12/h3-5,9,17H,1-2H3,(H,16,19)(H,18,20). The van der Waals surface area contributed by atoms with E-state index in [0.717, 1.165) is 38.8 Å². The Morgan fingerprint density at radius 1 is 1.00 bits per heavy atom. The number of H-pyrrole nitrogens is 2. The van der Waals surface area contributed by atoms with Gasteiger partial charge in [0.05, 0.1) is 30.7 Å². The lowest BCUT2D eigenvalue weighted by Crippen LogP contribution is -2.13. The SMILES string of the molecule is COc1ccc(C2c3[nH]c(=O)sc3Nc3[nH]c(=O)sc32)cc1OC. The summed E-state index contributed by atoms with van der Waals surface area (Å²) in [5.41, 5.74) is 1.65. The highest BCUT2D eigenvalue weighted by molar-refractivity contribution is 7.14. The molecule has 3 heterocycles. The maximum atomic E-state index is 11.8. The van der Waals surface area contributed by atoms with Crippen LogP contribution in [0.4, 0.5) is 10.8 Å². The van der Waals surface area contributed by atoms with E-state index in [0.29, 0.717) is 22.3 Å². The summed E-state index contributed by atoms with van der Waals surface area (Å²) >= 11 is 2.21. The molecule has 1 aromatic carbocycles. The highest BCUT2D eigenvalue weighted by atomic mass is 32.1. The van der Waals surface area contributed by atoms with Crippen molar-refractivity contribution in [3.8, 4) is 11.5 Å². The fraction of sp³-hybridized carbons (Fsp3) is 0.200. The second kappa shape index (κ2) is 5.53. The molecule has 1 aliphatic rings. The first-order chi connectivity index (χ1) is 11.6. The van der Waals surface area contributed by atoms with Crippen LogP contribution in [0.5, 0.6) is 11.5 Å². The number of nitrogens with one attached hydrogen (secondary N) is 3. The van der Waals surface area contributed by atoms with E-state index in [2.05, 4.69) is 15.3 Å². The van der Waals surface area contributed by atoms with Crippen molar-refractivity contribution in [1.82, 2.24) is 9.97 Å². The summed E-state index contributed by atoms with van der Waals surface area (Å²) in [6.45, 7) is 0. The quantitative estimate of drug-likeness (QED) is 0.520. The van der Waals surface area contributed by atoms with E-state index in [-0.39, 0.29) is 15.7 Å². The van der Waals surface area contributed by atoms with Crippen molar-refractivity contribution in [1.29, 1.82) is 0 Å². The molecule has 4 rings (SSSR count). The van der Waals surface area contributed by atoms with Gasteiger partial charge in [-0.3, -0.25) is 14.6 Å². The Hall–Kier alpha value is -2.52. The zero-order valence-corrected chi connectivity index (χ0v) is 14.4. The third-order valence-electron chi connectivity index (χ3n) is 3.88. The fourth-order valence-electron chi connectivity index (χ4n) is 2.87. The summed E-state index contributed by atoms with van der Waals surface area (Å²) in [5, 5.41) is 3.83. The fourth-order valence-corrected chi connectivity index (χ4v) is 4.57. The van der Waals surface area contributed by atoms with Gasteiger partial charge < -0.3 is 19.8 Å². The number of aromatic amines is 2. The molecule has 9 heteroatoms. The number of fused-ring (bicyclic) bond motifs is 2. The van der Waals surface area contributed by atoms with E-state index in [1.165, 1.54) is 0 Å². The molecule has 1 aliphatic heterocycles. The molecule has 3 aromatic rings. The van der Waals surface area contributed by atoms with Crippen LogP contribution in [0.25, 0.3) is 0 Å². The third-order valence-corrected chi connectivity index (χ3v) is 5.64. The number of anilines is 2. The van der Waals surface area contributed by atoms with Crippen LogP contribution in [0.2, 0.25) is 0 Å². The number of methoxy groups -OCH3 is 2. The number of hydrogen-bond acceptors (Lipinski definition) is 7. The van der Waals surface area contributed by atoms with E-state index in [4.69, 9.17) is 9.47 Å². The summed E-state index contributed by atoms with van der Waals surface area (Å²) in [6, 6.07) is 5.59. The van der Waals surface area contributed by atoms with Gasteiger partial charge in [-0.15, -0.1) is 0 Å². The molecule has 3 N–H and O–H groups in total.